The fourth-order valence-electron chi connectivity index (χ4n) is 1.58. The molecule has 2 rings (SSSR count). The molecule has 1 aromatic carbocycles. The summed E-state index contributed by atoms with van der Waals surface area (Å²) in [5.41, 5.74) is 2.24. The number of carbonyl (C=O) groups is 1. The van der Waals surface area contributed by atoms with E-state index >= 15 is 0 Å². The Labute approximate surface area is 114 Å². The van der Waals surface area contributed by atoms with Gasteiger partial charge >= 0.3 is 0 Å². The van der Waals surface area contributed by atoms with Crippen molar-refractivity contribution in [2.45, 2.75) is 19.2 Å². The molecular weight excluding hydrogens is 270 g/mol. The van der Waals surface area contributed by atoms with Gasteiger partial charge in [-0.05, 0) is 37.0 Å². The molecule has 0 saturated heterocycles. The van der Waals surface area contributed by atoms with Gasteiger partial charge in [0.05, 0.1) is 11.1 Å². The average molecular weight is 282 g/mol. The van der Waals surface area contributed by atoms with E-state index in [1.165, 1.54) is 0 Å². The molecule has 2 aromatic rings. The van der Waals surface area contributed by atoms with Crippen molar-refractivity contribution in [1.82, 2.24) is 9.59 Å². The van der Waals surface area contributed by atoms with Crippen LogP contribution in [-0.2, 0) is 0 Å². The zero-order chi connectivity index (χ0) is 13.1. The standard InChI is InChI=1S/C12H12ClN3OS/c1-7(13)9-5-3-4-6-10(9)14-12(17)11-8(2)15-16-18-11/h3-7H,1-2H3,(H,14,17). The number of aromatic nitrogens is 2. The van der Waals surface area contributed by atoms with E-state index in [9.17, 15) is 4.79 Å². The Kier molecular flexibility index (Phi) is 3.93. The number of hydrogen-bond acceptors (Lipinski definition) is 4. The van der Waals surface area contributed by atoms with E-state index in [1.807, 2.05) is 31.2 Å². The SMILES string of the molecule is Cc1nnsc1C(=O)Nc1ccccc1C(C)Cl. The van der Waals surface area contributed by atoms with Crippen molar-refractivity contribution >= 4 is 34.7 Å². The highest BCUT2D eigenvalue weighted by molar-refractivity contribution is 7.08. The molecule has 1 heterocycles. The van der Waals surface area contributed by atoms with Gasteiger partial charge in [-0.25, -0.2) is 0 Å². The van der Waals surface area contributed by atoms with Crippen LogP contribution in [0, 0.1) is 6.92 Å². The third-order valence-corrected chi connectivity index (χ3v) is 3.56. The van der Waals surface area contributed by atoms with Gasteiger partial charge in [0.1, 0.15) is 4.88 Å². The summed E-state index contributed by atoms with van der Waals surface area (Å²) in [6, 6.07) is 7.47. The number of nitrogens with zero attached hydrogens (tertiary/aromatic N) is 2. The van der Waals surface area contributed by atoms with Crippen molar-refractivity contribution in [3.63, 3.8) is 0 Å². The molecule has 1 N–H and O–H groups in total. The van der Waals surface area contributed by atoms with Gasteiger partial charge in [0.15, 0.2) is 0 Å². The van der Waals surface area contributed by atoms with Crippen LogP contribution in [0.3, 0.4) is 0 Å². The van der Waals surface area contributed by atoms with Crippen molar-refractivity contribution < 1.29 is 4.79 Å². The Hall–Kier alpha value is -1.46. The minimum absolute atomic E-state index is 0.165. The van der Waals surface area contributed by atoms with Gasteiger partial charge in [-0.1, -0.05) is 22.7 Å². The van der Waals surface area contributed by atoms with Gasteiger partial charge in [-0.3, -0.25) is 4.79 Å². The summed E-state index contributed by atoms with van der Waals surface area (Å²) in [6.45, 7) is 3.63. The van der Waals surface area contributed by atoms with E-state index in [0.29, 0.717) is 10.6 Å². The zero-order valence-electron chi connectivity index (χ0n) is 9.98. The fraction of sp³-hybridized carbons (Fsp3) is 0.250. The van der Waals surface area contributed by atoms with Crippen LogP contribution in [0.5, 0.6) is 0 Å². The lowest BCUT2D eigenvalue weighted by atomic mass is 10.1. The van der Waals surface area contributed by atoms with E-state index in [1.54, 1.807) is 6.92 Å². The summed E-state index contributed by atoms with van der Waals surface area (Å²) in [5.74, 6) is -0.202. The predicted octanol–water partition coefficient (Wildman–Crippen LogP) is 3.40. The van der Waals surface area contributed by atoms with Gasteiger partial charge in [0.25, 0.3) is 5.91 Å². The van der Waals surface area contributed by atoms with E-state index in [0.717, 1.165) is 22.8 Å². The molecule has 0 saturated carbocycles. The largest absolute Gasteiger partial charge is 0.321 e. The summed E-state index contributed by atoms with van der Waals surface area (Å²) in [5, 5.41) is 6.50. The van der Waals surface area contributed by atoms with Crippen molar-refractivity contribution in [2.75, 3.05) is 5.32 Å². The molecule has 1 unspecified atom stereocenters. The molecule has 0 spiro atoms. The third kappa shape index (κ3) is 2.68. The van der Waals surface area contributed by atoms with Crippen LogP contribution in [-0.4, -0.2) is 15.5 Å². The first-order valence-electron chi connectivity index (χ1n) is 5.43. The normalized spacial score (nSPS) is 12.2. The molecule has 94 valence electrons. The first kappa shape index (κ1) is 13.0. The lowest BCUT2D eigenvalue weighted by molar-refractivity contribution is 0.102. The van der Waals surface area contributed by atoms with Crippen LogP contribution in [0.1, 0.15) is 33.2 Å². The lowest BCUT2D eigenvalue weighted by Gasteiger charge is -2.11. The van der Waals surface area contributed by atoms with Crippen molar-refractivity contribution in [1.29, 1.82) is 0 Å². The van der Waals surface area contributed by atoms with Crippen molar-refractivity contribution in [3.8, 4) is 0 Å². The number of aryl methyl sites for hydroxylation is 1. The molecule has 1 amide bonds. The number of carbonyl (C=O) groups excluding carboxylic acids is 1. The third-order valence-electron chi connectivity index (χ3n) is 2.50. The van der Waals surface area contributed by atoms with E-state index in [2.05, 4.69) is 14.9 Å². The highest BCUT2D eigenvalue weighted by Crippen LogP contribution is 2.27. The van der Waals surface area contributed by atoms with Crippen LogP contribution in [0.25, 0.3) is 0 Å². The summed E-state index contributed by atoms with van der Waals surface area (Å²) in [4.78, 5) is 12.6. The maximum atomic E-state index is 12.0. The van der Waals surface area contributed by atoms with Crippen LogP contribution in [0.15, 0.2) is 24.3 Å². The number of rotatable bonds is 3. The second-order valence-electron chi connectivity index (χ2n) is 3.84. The molecule has 0 fully saturated rings. The lowest BCUT2D eigenvalue weighted by Crippen LogP contribution is -2.13. The minimum atomic E-state index is -0.202. The number of nitrogens with one attached hydrogen (secondary N) is 1. The van der Waals surface area contributed by atoms with Crippen LogP contribution >= 0.6 is 23.1 Å². The molecule has 6 heteroatoms. The van der Waals surface area contributed by atoms with Crippen LogP contribution in [0.4, 0.5) is 5.69 Å². The molecule has 0 aliphatic carbocycles. The summed E-state index contributed by atoms with van der Waals surface area (Å²) < 4.78 is 3.75. The summed E-state index contributed by atoms with van der Waals surface area (Å²) in [6.07, 6.45) is 0. The second-order valence-corrected chi connectivity index (χ2v) is 5.25. The highest BCUT2D eigenvalue weighted by Gasteiger charge is 2.15. The Morgan fingerprint density at radius 2 is 2.17 bits per heavy atom. The number of hydrogen-bond donors (Lipinski definition) is 1. The number of anilines is 1. The number of benzene rings is 1. The first-order chi connectivity index (χ1) is 8.59. The van der Waals surface area contributed by atoms with Crippen LogP contribution in [0.2, 0.25) is 0 Å². The first-order valence-corrected chi connectivity index (χ1v) is 6.64. The molecule has 1 atom stereocenters. The van der Waals surface area contributed by atoms with Crippen molar-refractivity contribution in [3.05, 3.63) is 40.4 Å². The molecule has 1 aromatic heterocycles. The fourth-order valence-corrected chi connectivity index (χ4v) is 2.32. The monoisotopic (exact) mass is 281 g/mol. The molecular formula is C12H12ClN3OS. The molecule has 0 radical (unpaired) electrons. The Morgan fingerprint density at radius 3 is 2.78 bits per heavy atom. The second kappa shape index (κ2) is 5.46. The van der Waals surface area contributed by atoms with E-state index < -0.39 is 0 Å². The Morgan fingerprint density at radius 1 is 1.44 bits per heavy atom. The zero-order valence-corrected chi connectivity index (χ0v) is 11.5. The predicted molar refractivity (Wildman–Crippen MR) is 73.3 cm³/mol. The molecule has 0 aliphatic rings. The average Bonchev–Trinajstić information content (AvgIpc) is 2.76. The molecule has 18 heavy (non-hydrogen) atoms. The number of amides is 1. The van der Waals surface area contributed by atoms with Gasteiger partial charge in [0, 0.05) is 5.69 Å². The maximum Gasteiger partial charge on any atom is 0.269 e. The van der Waals surface area contributed by atoms with Gasteiger partial charge in [-0.2, -0.15) is 0 Å². The summed E-state index contributed by atoms with van der Waals surface area (Å²) >= 11 is 7.16. The molecule has 4 nitrogen and oxygen atoms in total. The Bertz CT molecular complexity index is 568. The van der Waals surface area contributed by atoms with Gasteiger partial charge in [-0.15, -0.1) is 16.7 Å². The smallest absolute Gasteiger partial charge is 0.269 e. The number of para-hydroxylation sites is 1. The maximum absolute atomic E-state index is 12.0. The summed E-state index contributed by atoms with van der Waals surface area (Å²) in [7, 11) is 0. The highest BCUT2D eigenvalue weighted by atomic mass is 35.5. The van der Waals surface area contributed by atoms with Crippen LogP contribution < -0.4 is 5.32 Å². The number of alkyl halides is 1. The molecule has 0 aliphatic heterocycles. The van der Waals surface area contributed by atoms with Gasteiger partial charge < -0.3 is 5.32 Å². The topological polar surface area (TPSA) is 54.9 Å². The van der Waals surface area contributed by atoms with E-state index in [-0.39, 0.29) is 11.3 Å². The number of halogens is 1. The van der Waals surface area contributed by atoms with Gasteiger partial charge in [0.2, 0.25) is 0 Å². The quantitative estimate of drug-likeness (QED) is 0.877. The van der Waals surface area contributed by atoms with E-state index in [4.69, 9.17) is 11.6 Å². The minimum Gasteiger partial charge on any atom is -0.321 e. The Balaban J connectivity index is 2.25. The van der Waals surface area contributed by atoms with Crippen molar-refractivity contribution in [2.24, 2.45) is 0 Å². The molecule has 0 bridgehead atoms.